The van der Waals surface area contributed by atoms with Crippen LogP contribution in [0.15, 0.2) is 140 Å². The second kappa shape index (κ2) is 9.30. The first-order chi connectivity index (χ1) is 23.8. The summed E-state index contributed by atoms with van der Waals surface area (Å²) in [5.41, 5.74) is 7.52. The second-order valence-electron chi connectivity index (χ2n) is 13.0. The van der Waals surface area contributed by atoms with Gasteiger partial charge in [-0.15, -0.1) is 0 Å². The summed E-state index contributed by atoms with van der Waals surface area (Å²) in [6.45, 7) is 0. The standard InChI is InChI=1S/C41H23N3O2.2Ga/c1-3-13-30(14-4-1)43(31-15-11-16-32(27-31)44-39-23-9-7-21-37(39)38-22-8-10-24-40(38)44)33-25-26-41(42-29-33)46-36-20-12-19-35(28-36)45-34-17-5-2-6-18-34;;/h1-17,19-23,25H;;. The molecule has 0 fully saturated rings. The quantitative estimate of drug-likeness (QED) is 0.209. The van der Waals surface area contributed by atoms with E-state index < -0.39 is 32.4 Å². The van der Waals surface area contributed by atoms with E-state index >= 15 is 0 Å². The summed E-state index contributed by atoms with van der Waals surface area (Å²) in [5, 5.41) is 2.62. The molecule has 4 aliphatic rings. The summed E-state index contributed by atoms with van der Waals surface area (Å²) in [5.74, 6) is 3.59. The molecular weight excluding hydrogens is 706 g/mol. The molecule has 6 aromatic carbocycles. The summed E-state index contributed by atoms with van der Waals surface area (Å²) in [6.07, 6.45) is 0. The first-order valence-electron chi connectivity index (χ1n) is 16.5. The van der Waals surface area contributed by atoms with Crippen molar-refractivity contribution in [2.45, 2.75) is 0 Å². The number of pyridine rings is 1. The Bertz CT molecular complexity index is 2720. The second-order valence-corrected chi connectivity index (χ2v) is 24.2. The maximum absolute atomic E-state index is 6.83. The van der Waals surface area contributed by atoms with Crippen molar-refractivity contribution in [3.05, 3.63) is 140 Å². The van der Waals surface area contributed by atoms with E-state index in [1.54, 1.807) is 0 Å². The van der Waals surface area contributed by atoms with Gasteiger partial charge in [-0.05, 0) is 0 Å². The molecule has 0 bridgehead atoms. The van der Waals surface area contributed by atoms with Crippen LogP contribution in [0.25, 0.3) is 27.5 Å². The van der Waals surface area contributed by atoms with Gasteiger partial charge in [0.2, 0.25) is 0 Å². The Kier molecular flexibility index (Phi) is 5.03. The average molecular weight is 729 g/mol. The van der Waals surface area contributed by atoms with Gasteiger partial charge in [-0.2, -0.15) is 0 Å². The molecule has 0 N–H and O–H groups in total. The molecule has 0 spiro atoms. The van der Waals surface area contributed by atoms with Crippen LogP contribution >= 0.6 is 0 Å². The van der Waals surface area contributed by atoms with Crippen molar-refractivity contribution in [1.29, 1.82) is 0 Å². The molecule has 0 unspecified atom stereocenters. The third kappa shape index (κ3) is 3.20. The van der Waals surface area contributed by atoms with Gasteiger partial charge in [0.05, 0.1) is 0 Å². The van der Waals surface area contributed by atoms with Gasteiger partial charge < -0.3 is 0 Å². The Morgan fingerprint density at radius 3 is 2.15 bits per heavy atom. The molecule has 0 saturated carbocycles. The number of rotatable bonds is 1. The fourth-order valence-electron chi connectivity index (χ4n) is 8.87. The van der Waals surface area contributed by atoms with Crippen molar-refractivity contribution in [2.24, 2.45) is 0 Å². The molecule has 2 aromatic heterocycles. The summed E-state index contributed by atoms with van der Waals surface area (Å²) in [7, 11) is 0. The number of hydrogen-bond acceptors (Lipinski definition) is 4. The van der Waals surface area contributed by atoms with Crippen LogP contribution in [-0.2, 0) is 0 Å². The van der Waals surface area contributed by atoms with Gasteiger partial charge >= 0.3 is 288 Å². The molecule has 7 heteroatoms. The SMILES string of the molecule is c1ccc(N2c3c[c]4c(n[c]3[Ga]3[c]5c2cccc5-n2c5ccccc5c5ccc[c]3c52)Oc2cccc3[c]2[Ga]4[c]2ccccc2O3)cc1. The number of hydrogen-bond donors (Lipinski definition) is 0. The van der Waals surface area contributed by atoms with Gasteiger partial charge in [-0.3, -0.25) is 0 Å². The maximum atomic E-state index is 6.83. The fraction of sp³-hybridized carbons (Fsp3) is 0. The molecule has 0 amide bonds. The zero-order valence-electron chi connectivity index (χ0n) is 25.6. The van der Waals surface area contributed by atoms with Crippen LogP contribution in [0.3, 0.4) is 0 Å². The first-order valence-corrected chi connectivity index (χ1v) is 23.7. The van der Waals surface area contributed by atoms with E-state index in [-0.39, 0.29) is 0 Å². The van der Waals surface area contributed by atoms with E-state index in [2.05, 4.69) is 143 Å². The minimum absolute atomic E-state index is 0.790. The number of nitrogens with zero attached hydrogens (tertiary/aromatic N) is 3. The van der Waals surface area contributed by atoms with Crippen LogP contribution in [-0.4, -0.2) is 42.0 Å². The molecule has 0 saturated heterocycles. The summed E-state index contributed by atoms with van der Waals surface area (Å²) in [4.78, 5) is 8.19. The van der Waals surface area contributed by atoms with Crippen LogP contribution < -0.4 is 39.2 Å². The monoisotopic (exact) mass is 727 g/mol. The van der Waals surface area contributed by atoms with Crippen molar-refractivity contribution in [3.63, 3.8) is 0 Å². The predicted molar refractivity (Wildman–Crippen MR) is 196 cm³/mol. The number of benzene rings is 6. The van der Waals surface area contributed by atoms with Gasteiger partial charge in [-0.1, -0.05) is 0 Å². The zero-order chi connectivity index (χ0) is 31.1. The van der Waals surface area contributed by atoms with E-state index in [4.69, 9.17) is 14.5 Å². The number of aromatic nitrogens is 2. The Labute approximate surface area is 286 Å². The zero-order valence-corrected chi connectivity index (χ0v) is 30.4. The van der Waals surface area contributed by atoms with E-state index in [0.717, 1.165) is 28.8 Å². The van der Waals surface area contributed by atoms with Crippen molar-refractivity contribution < 1.29 is 9.47 Å². The van der Waals surface area contributed by atoms with E-state index in [9.17, 15) is 0 Å². The van der Waals surface area contributed by atoms with Gasteiger partial charge in [-0.25, -0.2) is 0 Å². The van der Waals surface area contributed by atoms with E-state index in [0.29, 0.717) is 0 Å². The van der Waals surface area contributed by atoms with Crippen molar-refractivity contribution >= 4 is 96.1 Å². The molecule has 48 heavy (non-hydrogen) atoms. The van der Waals surface area contributed by atoms with Gasteiger partial charge in [0.25, 0.3) is 0 Å². The van der Waals surface area contributed by atoms with Crippen molar-refractivity contribution in [2.75, 3.05) is 4.90 Å². The Morgan fingerprint density at radius 1 is 0.500 bits per heavy atom. The summed E-state index contributed by atoms with van der Waals surface area (Å²) in [6, 6.07) is 50.8. The third-order valence-corrected chi connectivity index (χ3v) is 24.4. The van der Waals surface area contributed by atoms with Crippen LogP contribution in [0.2, 0.25) is 0 Å². The molecule has 5 nitrogen and oxygen atoms in total. The van der Waals surface area contributed by atoms with Crippen molar-refractivity contribution in [3.8, 4) is 28.8 Å². The summed E-state index contributed by atoms with van der Waals surface area (Å²) >= 11 is -5.44. The molecule has 8 aromatic rings. The van der Waals surface area contributed by atoms with E-state index in [1.165, 1.54) is 63.7 Å². The topological polar surface area (TPSA) is 39.5 Å². The minimum atomic E-state index is -2.79. The number of para-hydroxylation sites is 4. The number of ether oxygens (including phenoxy) is 2. The Balaban J connectivity index is 1.21. The van der Waals surface area contributed by atoms with Gasteiger partial charge in [0.1, 0.15) is 0 Å². The summed E-state index contributed by atoms with van der Waals surface area (Å²) < 4.78 is 23.8. The van der Waals surface area contributed by atoms with Crippen LogP contribution in [0.1, 0.15) is 0 Å². The Morgan fingerprint density at radius 2 is 1.21 bits per heavy atom. The van der Waals surface area contributed by atoms with E-state index in [1.807, 2.05) is 6.07 Å². The van der Waals surface area contributed by atoms with Crippen LogP contribution in [0, 0.1) is 0 Å². The molecule has 6 heterocycles. The van der Waals surface area contributed by atoms with Gasteiger partial charge in [0.15, 0.2) is 0 Å². The normalized spacial score (nSPS) is 14.0. The molecule has 12 rings (SSSR count). The number of fused-ring (bicyclic) bond motifs is 11. The number of anilines is 3. The average Bonchev–Trinajstić information content (AvgIpc) is 3.48. The first kappa shape index (κ1) is 26.0. The molecule has 0 radical (unpaired) electrons. The third-order valence-electron chi connectivity index (χ3n) is 10.7. The van der Waals surface area contributed by atoms with Gasteiger partial charge in [0, 0.05) is 0 Å². The predicted octanol–water partition coefficient (Wildman–Crippen LogP) is 5.52. The molecule has 0 atom stereocenters. The van der Waals surface area contributed by atoms with Crippen LogP contribution in [0.5, 0.6) is 23.1 Å². The van der Waals surface area contributed by atoms with Crippen molar-refractivity contribution in [1.82, 2.24) is 9.55 Å². The fourth-order valence-corrected chi connectivity index (χ4v) is 23.2. The Hall–Kier alpha value is -5.06. The van der Waals surface area contributed by atoms with Crippen LogP contribution in [0.4, 0.5) is 17.1 Å². The molecule has 4 aliphatic heterocycles. The molecular formula is C41H23Ga2N3O2. The molecule has 220 valence electrons. The molecule has 0 aliphatic carbocycles.